The minimum atomic E-state index is -0.360. The Morgan fingerprint density at radius 2 is 2.00 bits per heavy atom. The number of nitrogens with zero attached hydrogens (tertiary/aromatic N) is 3. The number of amides is 1. The number of anilines is 1. The van der Waals surface area contributed by atoms with Gasteiger partial charge in [0.05, 0.1) is 5.69 Å². The van der Waals surface area contributed by atoms with Crippen LogP contribution in [0.3, 0.4) is 0 Å². The van der Waals surface area contributed by atoms with Crippen molar-refractivity contribution in [3.8, 4) is 5.75 Å². The van der Waals surface area contributed by atoms with E-state index in [1.807, 2.05) is 25.2 Å². The molecule has 168 valence electrons. The minimum Gasteiger partial charge on any atom is -0.506 e. The van der Waals surface area contributed by atoms with E-state index < -0.39 is 0 Å². The van der Waals surface area contributed by atoms with Crippen LogP contribution in [0.2, 0.25) is 0 Å². The summed E-state index contributed by atoms with van der Waals surface area (Å²) in [6, 6.07) is 4.29. The largest absolute Gasteiger partial charge is 0.506 e. The molecule has 6 nitrogen and oxygen atoms in total. The standard InChI is InChI=1S/C26H32N4O2/c1-18(11-13-22-20(3)10-7-15-26(22,4)5)8-6-9-19(2)16-25(32)28-23-14-12-21(29-30-27)17-24(23)31/h6,8-9,11-14,16-17,31H,7,10,15H2,1-5H3,(H,28,32). The number of hydrogen-bond donors (Lipinski definition) is 2. The number of azide groups is 1. The van der Waals surface area contributed by atoms with Gasteiger partial charge in [0.2, 0.25) is 5.91 Å². The van der Waals surface area contributed by atoms with E-state index in [-0.39, 0.29) is 28.4 Å². The summed E-state index contributed by atoms with van der Waals surface area (Å²) in [6.45, 7) is 10.7. The highest BCUT2D eigenvalue weighted by molar-refractivity contribution is 6.01. The maximum absolute atomic E-state index is 12.2. The highest BCUT2D eigenvalue weighted by Crippen LogP contribution is 2.40. The minimum absolute atomic E-state index is 0.165. The van der Waals surface area contributed by atoms with Crippen LogP contribution in [0.4, 0.5) is 11.4 Å². The molecule has 0 bridgehead atoms. The van der Waals surface area contributed by atoms with Gasteiger partial charge in [-0.1, -0.05) is 66.6 Å². The smallest absolute Gasteiger partial charge is 0.248 e. The number of rotatable bonds is 7. The lowest BCUT2D eigenvalue weighted by Crippen LogP contribution is -2.19. The molecule has 32 heavy (non-hydrogen) atoms. The number of allylic oxidation sites excluding steroid dienone is 9. The maximum atomic E-state index is 12.2. The van der Waals surface area contributed by atoms with E-state index in [9.17, 15) is 9.90 Å². The molecule has 2 N–H and O–H groups in total. The molecule has 1 aromatic carbocycles. The molecule has 0 radical (unpaired) electrons. The monoisotopic (exact) mass is 432 g/mol. The molecule has 0 aromatic heterocycles. The summed E-state index contributed by atoms with van der Waals surface area (Å²) in [7, 11) is 0. The second-order valence-corrected chi connectivity index (χ2v) is 8.80. The van der Waals surface area contributed by atoms with Crippen molar-refractivity contribution in [1.29, 1.82) is 0 Å². The van der Waals surface area contributed by atoms with E-state index in [1.54, 1.807) is 0 Å². The molecule has 0 fully saturated rings. The molecular formula is C26H32N4O2. The average molecular weight is 433 g/mol. The van der Waals surface area contributed by atoms with Gasteiger partial charge < -0.3 is 10.4 Å². The molecule has 0 aliphatic heterocycles. The average Bonchev–Trinajstić information content (AvgIpc) is 2.69. The zero-order valence-corrected chi connectivity index (χ0v) is 19.5. The van der Waals surface area contributed by atoms with Gasteiger partial charge in [-0.3, -0.25) is 4.79 Å². The maximum Gasteiger partial charge on any atom is 0.248 e. The van der Waals surface area contributed by atoms with Gasteiger partial charge in [-0.25, -0.2) is 0 Å². The molecule has 0 spiro atoms. The molecule has 6 heteroatoms. The topological polar surface area (TPSA) is 98.1 Å². The highest BCUT2D eigenvalue weighted by atomic mass is 16.3. The summed E-state index contributed by atoms with van der Waals surface area (Å²) >= 11 is 0. The summed E-state index contributed by atoms with van der Waals surface area (Å²) in [6.07, 6.45) is 15.3. The van der Waals surface area contributed by atoms with Crippen molar-refractivity contribution in [1.82, 2.24) is 0 Å². The molecule has 1 aliphatic rings. The van der Waals surface area contributed by atoms with Gasteiger partial charge in [0.15, 0.2) is 0 Å². The Bertz CT molecular complexity index is 1070. The van der Waals surface area contributed by atoms with Crippen molar-refractivity contribution >= 4 is 17.3 Å². The van der Waals surface area contributed by atoms with Crippen LogP contribution in [-0.2, 0) is 4.79 Å². The first-order valence-electron chi connectivity index (χ1n) is 10.7. The number of carbonyl (C=O) groups is 1. The SMILES string of the molecule is CC(C=CC1=C(C)CCCC1(C)C)=CC=CC(C)=CC(=O)Nc1ccc(N=[N+]=[N-])cc1O. The number of phenolic OH excluding ortho intramolecular Hbond substituents is 1. The Morgan fingerprint density at radius 1 is 1.25 bits per heavy atom. The number of benzene rings is 1. The molecule has 0 saturated heterocycles. The fraction of sp³-hybridized carbons (Fsp3) is 0.346. The van der Waals surface area contributed by atoms with E-state index >= 15 is 0 Å². The van der Waals surface area contributed by atoms with Gasteiger partial charge in [0.1, 0.15) is 5.75 Å². The summed E-state index contributed by atoms with van der Waals surface area (Å²) in [5, 5.41) is 16.0. The van der Waals surface area contributed by atoms with Crippen molar-refractivity contribution in [2.75, 3.05) is 5.32 Å². The molecular weight excluding hydrogens is 400 g/mol. The van der Waals surface area contributed by atoms with Gasteiger partial charge in [-0.15, -0.1) is 0 Å². The first kappa shape index (κ1) is 24.8. The molecule has 0 heterocycles. The van der Waals surface area contributed by atoms with E-state index in [1.165, 1.54) is 54.7 Å². The van der Waals surface area contributed by atoms with E-state index in [4.69, 9.17) is 5.53 Å². The Morgan fingerprint density at radius 3 is 2.66 bits per heavy atom. The van der Waals surface area contributed by atoms with Crippen LogP contribution in [0.15, 0.2) is 82.1 Å². The lowest BCUT2D eigenvalue weighted by molar-refractivity contribution is -0.112. The molecule has 1 aromatic rings. The predicted octanol–water partition coefficient (Wildman–Crippen LogP) is 7.80. The molecule has 0 saturated carbocycles. The third kappa shape index (κ3) is 7.33. The van der Waals surface area contributed by atoms with Crippen molar-refractivity contribution in [2.24, 2.45) is 10.5 Å². The van der Waals surface area contributed by atoms with Crippen LogP contribution in [0.25, 0.3) is 10.4 Å². The van der Waals surface area contributed by atoms with Crippen LogP contribution in [-0.4, -0.2) is 11.0 Å². The lowest BCUT2D eigenvalue weighted by Gasteiger charge is -2.32. The Balaban J connectivity index is 1.99. The highest BCUT2D eigenvalue weighted by Gasteiger charge is 2.26. The van der Waals surface area contributed by atoms with Crippen LogP contribution in [0, 0.1) is 5.41 Å². The van der Waals surface area contributed by atoms with Crippen LogP contribution in [0.1, 0.15) is 53.9 Å². The number of phenols is 1. The number of nitrogens with one attached hydrogen (secondary N) is 1. The molecule has 1 aliphatic carbocycles. The second kappa shape index (κ2) is 11.2. The number of carbonyl (C=O) groups excluding carboxylic acids is 1. The van der Waals surface area contributed by atoms with Gasteiger partial charge in [0.25, 0.3) is 0 Å². The van der Waals surface area contributed by atoms with Crippen molar-refractivity contribution in [3.05, 3.63) is 87.4 Å². The summed E-state index contributed by atoms with van der Waals surface area (Å²) in [5.74, 6) is -0.525. The molecule has 2 rings (SSSR count). The fourth-order valence-electron chi connectivity index (χ4n) is 3.80. The van der Waals surface area contributed by atoms with E-state index in [2.05, 4.69) is 55.2 Å². The molecule has 0 unspecified atom stereocenters. The zero-order valence-electron chi connectivity index (χ0n) is 19.5. The quantitative estimate of drug-likeness (QED) is 0.115. The number of aromatic hydroxyl groups is 1. The van der Waals surface area contributed by atoms with Crippen LogP contribution >= 0.6 is 0 Å². The van der Waals surface area contributed by atoms with Crippen LogP contribution in [0.5, 0.6) is 5.75 Å². The van der Waals surface area contributed by atoms with Crippen LogP contribution < -0.4 is 5.32 Å². The van der Waals surface area contributed by atoms with Crippen molar-refractivity contribution in [3.63, 3.8) is 0 Å². The summed E-state index contributed by atoms with van der Waals surface area (Å²) in [5.41, 5.74) is 14.0. The zero-order chi connectivity index (χ0) is 23.7. The van der Waals surface area contributed by atoms with Crippen molar-refractivity contribution in [2.45, 2.75) is 53.9 Å². The third-order valence-corrected chi connectivity index (χ3v) is 5.53. The van der Waals surface area contributed by atoms with Gasteiger partial charge in [-0.2, -0.15) is 0 Å². The van der Waals surface area contributed by atoms with Gasteiger partial charge >= 0.3 is 0 Å². The summed E-state index contributed by atoms with van der Waals surface area (Å²) < 4.78 is 0. The van der Waals surface area contributed by atoms with Gasteiger partial charge in [-0.05, 0) is 74.3 Å². The van der Waals surface area contributed by atoms with Gasteiger partial charge in [0, 0.05) is 16.7 Å². The summed E-state index contributed by atoms with van der Waals surface area (Å²) in [4.78, 5) is 14.9. The van der Waals surface area contributed by atoms with E-state index in [0.717, 1.165) is 11.1 Å². The molecule has 0 atom stereocenters. The van der Waals surface area contributed by atoms with Crippen molar-refractivity contribution < 1.29 is 9.90 Å². The molecule has 1 amide bonds. The predicted molar refractivity (Wildman–Crippen MR) is 132 cm³/mol. The Labute approximate surface area is 190 Å². The number of hydrogen-bond acceptors (Lipinski definition) is 3. The third-order valence-electron chi connectivity index (χ3n) is 5.53. The van der Waals surface area contributed by atoms with E-state index in [0.29, 0.717) is 0 Å². The second-order valence-electron chi connectivity index (χ2n) is 8.80. The fourth-order valence-corrected chi connectivity index (χ4v) is 3.80. The first-order chi connectivity index (χ1) is 15.1. The lowest BCUT2D eigenvalue weighted by atomic mass is 9.72. The Hall–Kier alpha value is -3.50. The first-order valence-corrected chi connectivity index (χ1v) is 10.7. The Kier molecular flexibility index (Phi) is 8.68. The normalized spacial score (nSPS) is 17.0.